The first kappa shape index (κ1) is 22.1. The summed E-state index contributed by atoms with van der Waals surface area (Å²) in [6.07, 6.45) is 7.93. The second kappa shape index (κ2) is 12.2. The Hall–Kier alpha value is -1.57. The van der Waals surface area contributed by atoms with Crippen LogP contribution in [0.3, 0.4) is 0 Å². The number of aryl methyl sites for hydroxylation is 1. The maximum atomic E-state index is 6.00. The highest BCUT2D eigenvalue weighted by atomic mass is 16.5. The Morgan fingerprint density at radius 2 is 2.00 bits per heavy atom. The largest absolute Gasteiger partial charge is 0.465 e. The Balaban J connectivity index is 1.40. The second-order valence-electron chi connectivity index (χ2n) is 7.98. The van der Waals surface area contributed by atoms with Gasteiger partial charge in [0, 0.05) is 39.8 Å². The number of furan rings is 1. The van der Waals surface area contributed by atoms with Crippen LogP contribution in [0.1, 0.15) is 56.1 Å². The number of rotatable bonds is 9. The van der Waals surface area contributed by atoms with Crippen LogP contribution in [0.4, 0.5) is 0 Å². The number of nitrogens with one attached hydrogen (secondary N) is 2. The Morgan fingerprint density at radius 1 is 1.21 bits per heavy atom. The van der Waals surface area contributed by atoms with Gasteiger partial charge in [-0.3, -0.25) is 9.89 Å². The molecule has 7 heteroatoms. The van der Waals surface area contributed by atoms with Crippen LogP contribution in [0, 0.1) is 6.92 Å². The molecule has 7 nitrogen and oxygen atoms in total. The van der Waals surface area contributed by atoms with Gasteiger partial charge in [-0.05, 0) is 38.3 Å². The lowest BCUT2D eigenvalue weighted by Gasteiger charge is -2.33. The van der Waals surface area contributed by atoms with E-state index in [4.69, 9.17) is 13.9 Å². The molecule has 1 aromatic rings. The van der Waals surface area contributed by atoms with Crippen molar-refractivity contribution in [2.24, 2.45) is 4.99 Å². The van der Waals surface area contributed by atoms with Crippen LogP contribution in [-0.4, -0.2) is 70.0 Å². The summed E-state index contributed by atoms with van der Waals surface area (Å²) in [5, 5.41) is 6.88. The minimum Gasteiger partial charge on any atom is -0.465 e. The van der Waals surface area contributed by atoms with E-state index in [0.29, 0.717) is 6.10 Å². The molecule has 1 aliphatic heterocycles. The van der Waals surface area contributed by atoms with Gasteiger partial charge in [-0.25, -0.2) is 0 Å². The van der Waals surface area contributed by atoms with Crippen LogP contribution < -0.4 is 10.6 Å². The van der Waals surface area contributed by atoms with Gasteiger partial charge in [-0.15, -0.1) is 0 Å². The first-order valence-corrected chi connectivity index (χ1v) is 11.2. The zero-order valence-corrected chi connectivity index (χ0v) is 18.1. The second-order valence-corrected chi connectivity index (χ2v) is 7.98. The predicted molar refractivity (Wildman–Crippen MR) is 115 cm³/mol. The highest BCUT2D eigenvalue weighted by molar-refractivity contribution is 5.79. The van der Waals surface area contributed by atoms with Crippen LogP contribution in [0.15, 0.2) is 21.5 Å². The van der Waals surface area contributed by atoms with Gasteiger partial charge in [0.05, 0.1) is 25.4 Å². The van der Waals surface area contributed by atoms with E-state index < -0.39 is 0 Å². The molecule has 0 bridgehead atoms. The van der Waals surface area contributed by atoms with Gasteiger partial charge >= 0.3 is 0 Å². The molecule has 29 heavy (non-hydrogen) atoms. The zero-order valence-electron chi connectivity index (χ0n) is 18.1. The molecule has 1 unspecified atom stereocenters. The number of hydrogen-bond acceptors (Lipinski definition) is 5. The molecular formula is C22H38N4O3. The smallest absolute Gasteiger partial charge is 0.191 e. The average molecular weight is 407 g/mol. The minimum absolute atomic E-state index is 0.167. The lowest BCUT2D eigenvalue weighted by molar-refractivity contribution is 0.0124. The molecule has 1 aliphatic carbocycles. The van der Waals surface area contributed by atoms with Crippen LogP contribution in [-0.2, 0) is 9.47 Å². The summed E-state index contributed by atoms with van der Waals surface area (Å²) in [6.45, 7) is 7.77. The van der Waals surface area contributed by atoms with Gasteiger partial charge in [0.2, 0.25) is 0 Å². The van der Waals surface area contributed by atoms with E-state index in [0.717, 1.165) is 69.9 Å². The minimum atomic E-state index is 0.167. The lowest BCUT2D eigenvalue weighted by atomic mass is 9.98. The van der Waals surface area contributed by atoms with Crippen molar-refractivity contribution in [2.45, 2.75) is 57.6 Å². The molecule has 2 N–H and O–H groups in total. The molecular weight excluding hydrogens is 368 g/mol. The van der Waals surface area contributed by atoms with Crippen molar-refractivity contribution >= 4 is 5.96 Å². The molecule has 1 saturated heterocycles. The maximum absolute atomic E-state index is 6.00. The van der Waals surface area contributed by atoms with Crippen molar-refractivity contribution in [3.63, 3.8) is 0 Å². The summed E-state index contributed by atoms with van der Waals surface area (Å²) in [7, 11) is 1.81. The number of ether oxygens (including phenoxy) is 2. The Labute approximate surface area is 175 Å². The molecule has 2 heterocycles. The van der Waals surface area contributed by atoms with E-state index in [1.807, 2.05) is 20.0 Å². The summed E-state index contributed by atoms with van der Waals surface area (Å²) < 4.78 is 17.5. The molecule has 0 radical (unpaired) electrons. The molecule has 2 fully saturated rings. The van der Waals surface area contributed by atoms with E-state index in [-0.39, 0.29) is 6.04 Å². The van der Waals surface area contributed by atoms with Crippen molar-refractivity contribution in [1.82, 2.24) is 15.5 Å². The van der Waals surface area contributed by atoms with E-state index in [1.54, 1.807) is 0 Å². The predicted octanol–water partition coefficient (Wildman–Crippen LogP) is 2.87. The third kappa shape index (κ3) is 7.32. The average Bonchev–Trinajstić information content (AvgIpc) is 3.19. The summed E-state index contributed by atoms with van der Waals surface area (Å²) in [4.78, 5) is 6.79. The van der Waals surface area contributed by atoms with Crippen LogP contribution >= 0.6 is 0 Å². The molecule has 1 aromatic heterocycles. The fourth-order valence-corrected chi connectivity index (χ4v) is 4.11. The van der Waals surface area contributed by atoms with E-state index in [1.165, 1.54) is 32.1 Å². The summed E-state index contributed by atoms with van der Waals surface area (Å²) in [5.41, 5.74) is 0. The Bertz CT molecular complexity index is 607. The Kier molecular flexibility index (Phi) is 9.31. The van der Waals surface area contributed by atoms with Gasteiger partial charge in [-0.2, -0.15) is 0 Å². The molecule has 0 aromatic carbocycles. The van der Waals surface area contributed by atoms with Crippen LogP contribution in [0.2, 0.25) is 0 Å². The quantitative estimate of drug-likeness (QED) is 0.373. The first-order chi connectivity index (χ1) is 14.3. The summed E-state index contributed by atoms with van der Waals surface area (Å²) in [6, 6.07) is 4.28. The fourth-order valence-electron chi connectivity index (χ4n) is 4.11. The molecule has 0 amide bonds. The molecule has 1 atom stereocenters. The highest BCUT2D eigenvalue weighted by Crippen LogP contribution is 2.23. The molecule has 2 aliphatic rings. The van der Waals surface area contributed by atoms with Crippen molar-refractivity contribution < 1.29 is 13.9 Å². The highest BCUT2D eigenvalue weighted by Gasteiger charge is 2.25. The van der Waals surface area contributed by atoms with Gasteiger partial charge < -0.3 is 24.5 Å². The third-order valence-corrected chi connectivity index (χ3v) is 5.78. The molecule has 3 rings (SSSR count). The zero-order chi connectivity index (χ0) is 20.3. The molecule has 164 valence electrons. The maximum Gasteiger partial charge on any atom is 0.191 e. The van der Waals surface area contributed by atoms with E-state index >= 15 is 0 Å². The number of hydrogen-bond donors (Lipinski definition) is 2. The monoisotopic (exact) mass is 406 g/mol. The van der Waals surface area contributed by atoms with Crippen molar-refractivity contribution in [3.05, 3.63) is 23.7 Å². The van der Waals surface area contributed by atoms with Gasteiger partial charge in [0.15, 0.2) is 5.96 Å². The number of aliphatic imine (C=N–C) groups is 1. The third-order valence-electron chi connectivity index (χ3n) is 5.78. The lowest BCUT2D eigenvalue weighted by Crippen LogP contribution is -2.46. The summed E-state index contributed by atoms with van der Waals surface area (Å²) in [5.74, 6) is 2.76. The SMILES string of the molecule is CN=C(NCCCOC1CCCCC1)NCC(c1ccc(C)o1)N1CCOCC1. The van der Waals surface area contributed by atoms with E-state index in [2.05, 4.69) is 26.6 Å². The van der Waals surface area contributed by atoms with E-state index in [9.17, 15) is 0 Å². The number of morpholine rings is 1. The topological polar surface area (TPSA) is 71.3 Å². The fraction of sp³-hybridized carbons (Fsp3) is 0.773. The first-order valence-electron chi connectivity index (χ1n) is 11.2. The van der Waals surface area contributed by atoms with Crippen LogP contribution in [0.25, 0.3) is 0 Å². The van der Waals surface area contributed by atoms with Crippen molar-refractivity contribution in [2.75, 3.05) is 53.0 Å². The number of guanidine groups is 1. The molecule has 1 saturated carbocycles. The van der Waals surface area contributed by atoms with Crippen LogP contribution in [0.5, 0.6) is 0 Å². The normalized spacial score (nSPS) is 20.6. The standard InChI is InChI=1S/C22H38N4O3/c1-18-9-10-21(29-18)20(26-12-15-27-16-13-26)17-25-22(23-2)24-11-6-14-28-19-7-4-3-5-8-19/h9-10,19-20H,3-8,11-17H2,1-2H3,(H2,23,24,25). The van der Waals surface area contributed by atoms with Gasteiger partial charge in [-0.1, -0.05) is 19.3 Å². The summed E-state index contributed by atoms with van der Waals surface area (Å²) >= 11 is 0. The number of nitrogens with zero attached hydrogens (tertiary/aromatic N) is 2. The Morgan fingerprint density at radius 3 is 2.69 bits per heavy atom. The molecule has 0 spiro atoms. The van der Waals surface area contributed by atoms with Gasteiger partial charge in [0.25, 0.3) is 0 Å². The van der Waals surface area contributed by atoms with Crippen molar-refractivity contribution in [1.29, 1.82) is 0 Å². The van der Waals surface area contributed by atoms with Gasteiger partial charge in [0.1, 0.15) is 11.5 Å². The van der Waals surface area contributed by atoms with Crippen molar-refractivity contribution in [3.8, 4) is 0 Å².